The molecule has 0 unspecified atom stereocenters. The van der Waals surface area contributed by atoms with E-state index in [1.165, 1.54) is 48.5 Å². The van der Waals surface area contributed by atoms with Crippen LogP contribution in [0.15, 0.2) is 81.4 Å². The monoisotopic (exact) mass is 488 g/mol. The molecule has 168 valence electrons. The Hall–Kier alpha value is -2.35. The van der Waals surface area contributed by atoms with Crippen LogP contribution in [0, 0.1) is 0 Å². The van der Waals surface area contributed by atoms with E-state index < -0.39 is 30.4 Å². The zero-order valence-electron chi connectivity index (χ0n) is 16.7. The Bertz CT molecular complexity index is 1290. The molecule has 3 aromatic rings. The molecular weight excluding hydrogens is 468 g/mol. The summed E-state index contributed by atoms with van der Waals surface area (Å²) in [6, 6.07) is 16.6. The average molecular weight is 489 g/mol. The lowest BCUT2D eigenvalue weighted by molar-refractivity contribution is 0.397. The van der Waals surface area contributed by atoms with Crippen LogP contribution >= 0.6 is 0 Å². The van der Waals surface area contributed by atoms with Gasteiger partial charge in [-0.05, 0) is 24.3 Å². The van der Waals surface area contributed by atoms with Gasteiger partial charge in [0.25, 0.3) is 30.4 Å². The minimum Gasteiger partial charge on any atom is -0.270 e. The summed E-state index contributed by atoms with van der Waals surface area (Å²) in [5.41, 5.74) is 0. The Labute approximate surface area is 181 Å². The van der Waals surface area contributed by atoms with Crippen LogP contribution < -0.4 is 0 Å². The van der Waals surface area contributed by atoms with E-state index in [9.17, 15) is 25.3 Å². The normalized spacial score (nSPS) is 12.2. The predicted octanol–water partition coefficient (Wildman–Crippen LogP) is 2.53. The first kappa shape index (κ1) is 24.9. The van der Waals surface area contributed by atoms with E-state index in [2.05, 4.69) is 12.5 Å². The third kappa shape index (κ3) is 5.67. The highest BCUT2D eigenvalue weighted by Crippen LogP contribution is 2.29. The Morgan fingerprint density at radius 1 is 0.484 bits per heavy atom. The summed E-state index contributed by atoms with van der Waals surface area (Å²) in [7, 11) is -8.12. The van der Waals surface area contributed by atoms with Crippen molar-refractivity contribution in [2.45, 2.75) is 14.7 Å². The van der Waals surface area contributed by atoms with Gasteiger partial charge in [0.1, 0.15) is 9.79 Å². The lowest BCUT2D eigenvalue weighted by Crippen LogP contribution is -2.06. The number of benzene rings is 3. The van der Waals surface area contributed by atoms with E-state index in [4.69, 9.17) is 0 Å². The van der Waals surface area contributed by atoms with E-state index >= 15 is 0 Å². The second-order valence-electron chi connectivity index (χ2n) is 5.78. The quantitative estimate of drug-likeness (QED) is 0.480. The molecule has 0 saturated carbocycles. The fourth-order valence-electron chi connectivity index (χ4n) is 2.55. The molecule has 0 aliphatic heterocycles. The van der Waals surface area contributed by atoms with Gasteiger partial charge in [0.15, 0.2) is 0 Å². The Morgan fingerprint density at radius 2 is 0.871 bits per heavy atom. The maximum Gasteiger partial charge on any atom is 0.297 e. The van der Waals surface area contributed by atoms with Crippen molar-refractivity contribution in [1.82, 2.24) is 0 Å². The Kier molecular flexibility index (Phi) is 7.92. The number of hydrogen-bond donors (Lipinski definition) is 0. The molecule has 3 rings (SSSR count). The zero-order chi connectivity index (χ0) is 23.3. The van der Waals surface area contributed by atoms with Gasteiger partial charge in [-0.1, -0.05) is 42.5 Å². The summed E-state index contributed by atoms with van der Waals surface area (Å²) < 4.78 is 82.6. The van der Waals surface area contributed by atoms with Crippen molar-refractivity contribution in [3.8, 4) is 0 Å². The number of rotatable bonds is 6. The minimum absolute atomic E-state index is 0.0920. The highest BCUT2D eigenvalue weighted by Gasteiger charge is 2.21. The highest BCUT2D eigenvalue weighted by molar-refractivity contribution is 7.87. The molecule has 3 aromatic carbocycles. The van der Waals surface area contributed by atoms with Crippen molar-refractivity contribution in [3.63, 3.8) is 0 Å². The molecule has 12 heteroatoms. The first-order valence-corrected chi connectivity index (χ1v) is 12.7. The molecule has 0 saturated heterocycles. The van der Waals surface area contributed by atoms with Crippen molar-refractivity contribution in [1.29, 1.82) is 0 Å². The molecule has 0 heterocycles. The zero-order valence-corrected chi connectivity index (χ0v) is 19.2. The molecule has 0 bridgehead atoms. The molecule has 0 atom stereocenters. The van der Waals surface area contributed by atoms with Crippen molar-refractivity contribution < 1.29 is 37.8 Å². The van der Waals surface area contributed by atoms with Gasteiger partial charge in [-0.25, -0.2) is 0 Å². The van der Waals surface area contributed by atoms with Crippen LogP contribution in [0.25, 0.3) is 10.8 Å². The second kappa shape index (κ2) is 9.85. The van der Waals surface area contributed by atoms with Gasteiger partial charge in [-0.2, -0.15) is 25.3 Å². The van der Waals surface area contributed by atoms with E-state index in [1.807, 2.05) is 0 Å². The lowest BCUT2D eigenvalue weighted by Gasteiger charge is -2.09. The first-order chi connectivity index (χ1) is 14.5. The van der Waals surface area contributed by atoms with Gasteiger partial charge in [-0.3, -0.25) is 12.5 Å². The maximum absolute atomic E-state index is 11.8. The summed E-state index contributed by atoms with van der Waals surface area (Å²) >= 11 is 0. The molecule has 0 radical (unpaired) electrons. The van der Waals surface area contributed by atoms with Gasteiger partial charge < -0.3 is 0 Å². The molecule has 0 N–H and O–H groups in total. The number of hydrogen-bond acceptors (Lipinski definition) is 9. The van der Waals surface area contributed by atoms with Crippen molar-refractivity contribution >= 4 is 41.1 Å². The predicted molar refractivity (Wildman–Crippen MR) is 113 cm³/mol. The molecule has 0 aromatic heterocycles. The van der Waals surface area contributed by atoms with Crippen LogP contribution in [0.3, 0.4) is 0 Å². The fraction of sp³-hybridized carbons (Fsp3) is 0.158. The molecule has 0 spiro atoms. The standard InChI is InChI=1S/C12H12O6S2.C7H8O3S/c1-17-19(13,14)11-7-3-6-10-9(11)5-4-8-12(10)20(15,16)18-2;1-10-11(8,9)7-5-3-2-4-6-7/h3-8H,1-2H3;2-6H,1H3. The van der Waals surface area contributed by atoms with E-state index in [1.54, 1.807) is 18.2 Å². The molecule has 9 nitrogen and oxygen atoms in total. The molecular formula is C19H20O9S3. The van der Waals surface area contributed by atoms with Gasteiger partial charge in [0.2, 0.25) is 0 Å². The van der Waals surface area contributed by atoms with Crippen molar-refractivity contribution in [2.75, 3.05) is 21.3 Å². The largest absolute Gasteiger partial charge is 0.297 e. The fourth-order valence-corrected chi connectivity index (χ4v) is 4.98. The Balaban J connectivity index is 0.000000262. The van der Waals surface area contributed by atoms with Gasteiger partial charge >= 0.3 is 0 Å². The summed E-state index contributed by atoms with van der Waals surface area (Å²) in [6.07, 6.45) is 0. The molecule has 31 heavy (non-hydrogen) atoms. The summed E-state index contributed by atoms with van der Waals surface area (Å²) in [5, 5.41) is 0.514. The van der Waals surface area contributed by atoms with E-state index in [0.29, 0.717) is 0 Å². The minimum atomic E-state index is -3.93. The van der Waals surface area contributed by atoms with Crippen LogP contribution in [-0.2, 0) is 42.9 Å². The first-order valence-electron chi connectivity index (χ1n) is 8.49. The van der Waals surface area contributed by atoms with E-state index in [-0.39, 0.29) is 25.5 Å². The highest BCUT2D eigenvalue weighted by atomic mass is 32.2. The lowest BCUT2D eigenvalue weighted by atomic mass is 10.1. The summed E-state index contributed by atoms with van der Waals surface area (Å²) in [6.45, 7) is 0. The average Bonchev–Trinajstić information content (AvgIpc) is 2.79. The Morgan fingerprint density at radius 3 is 1.23 bits per heavy atom. The van der Waals surface area contributed by atoms with Crippen LogP contribution in [0.1, 0.15) is 0 Å². The molecule has 0 aliphatic carbocycles. The van der Waals surface area contributed by atoms with Crippen LogP contribution in [-0.4, -0.2) is 46.6 Å². The topological polar surface area (TPSA) is 130 Å². The SMILES string of the molecule is COS(=O)(=O)c1cccc2c(S(=O)(=O)OC)cccc12.COS(=O)(=O)c1ccccc1. The molecule has 0 fully saturated rings. The van der Waals surface area contributed by atoms with Crippen molar-refractivity contribution in [2.24, 2.45) is 0 Å². The van der Waals surface area contributed by atoms with Crippen LogP contribution in [0.2, 0.25) is 0 Å². The van der Waals surface area contributed by atoms with Crippen LogP contribution in [0.4, 0.5) is 0 Å². The van der Waals surface area contributed by atoms with Gasteiger partial charge in [0.05, 0.1) is 26.2 Å². The van der Waals surface area contributed by atoms with Crippen LogP contribution in [0.5, 0.6) is 0 Å². The van der Waals surface area contributed by atoms with Gasteiger partial charge in [0, 0.05) is 10.8 Å². The third-order valence-corrected chi connectivity index (χ3v) is 8.03. The second-order valence-corrected chi connectivity index (χ2v) is 10.9. The van der Waals surface area contributed by atoms with Crippen molar-refractivity contribution in [3.05, 3.63) is 66.7 Å². The molecule has 0 amide bonds. The third-order valence-electron chi connectivity index (χ3n) is 4.07. The smallest absolute Gasteiger partial charge is 0.270 e. The number of fused-ring (bicyclic) bond motifs is 1. The van der Waals surface area contributed by atoms with E-state index in [0.717, 1.165) is 21.3 Å². The maximum atomic E-state index is 11.8. The summed E-state index contributed by atoms with van der Waals surface area (Å²) in [4.78, 5) is -0.00111. The molecule has 0 aliphatic rings. The summed E-state index contributed by atoms with van der Waals surface area (Å²) in [5.74, 6) is 0. The van der Waals surface area contributed by atoms with Gasteiger partial charge in [-0.15, -0.1) is 0 Å².